The fourth-order valence-electron chi connectivity index (χ4n) is 2.95. The molecule has 0 bridgehead atoms. The van der Waals surface area contributed by atoms with Crippen molar-refractivity contribution in [2.45, 2.75) is 32.6 Å². The molecule has 1 saturated carbocycles. The lowest BCUT2D eigenvalue weighted by Crippen LogP contribution is -2.28. The van der Waals surface area contributed by atoms with Gasteiger partial charge in [-0.25, -0.2) is 17.5 Å². The molecule has 4 nitrogen and oxygen atoms in total. The quantitative estimate of drug-likeness (QED) is 0.929. The summed E-state index contributed by atoms with van der Waals surface area (Å²) in [5.41, 5.74) is -0.343. The van der Waals surface area contributed by atoms with Gasteiger partial charge >= 0.3 is 0 Å². The largest absolute Gasteiger partial charge is 0.242 e. The summed E-state index contributed by atoms with van der Waals surface area (Å²) in [4.78, 5) is -0.304. The number of hydrogen-bond donors (Lipinski definition) is 1. The Morgan fingerprint density at radius 1 is 1.29 bits per heavy atom. The molecule has 0 aromatic heterocycles. The second kappa shape index (κ2) is 4.79. The van der Waals surface area contributed by atoms with Crippen LogP contribution in [0.2, 0.25) is 0 Å². The normalized spacial score (nSPS) is 20.0. The van der Waals surface area contributed by atoms with Gasteiger partial charge in [0.15, 0.2) is 0 Å². The van der Waals surface area contributed by atoms with Gasteiger partial charge in [0.05, 0.1) is 0 Å². The first-order chi connectivity index (χ1) is 9.55. The van der Waals surface area contributed by atoms with Crippen LogP contribution in [0.5, 0.6) is 0 Å². The highest BCUT2D eigenvalue weighted by Crippen LogP contribution is 2.67. The lowest BCUT2D eigenvalue weighted by Gasteiger charge is -2.09. The number of nitrogens with zero attached hydrogens (tertiary/aromatic N) is 1. The first-order valence-electron chi connectivity index (χ1n) is 6.74. The van der Waals surface area contributed by atoms with Crippen LogP contribution in [0.3, 0.4) is 0 Å². The molecule has 0 spiro atoms. The Balaban J connectivity index is 2.22. The summed E-state index contributed by atoms with van der Waals surface area (Å²) in [6.07, 6.45) is 0. The van der Waals surface area contributed by atoms with E-state index in [1.807, 2.05) is 0 Å². The molecule has 2 rings (SSSR count). The van der Waals surface area contributed by atoms with Gasteiger partial charge in [-0.1, -0.05) is 33.8 Å². The van der Waals surface area contributed by atoms with Gasteiger partial charge < -0.3 is 0 Å². The molecule has 0 atom stereocenters. The monoisotopic (exact) mass is 310 g/mol. The lowest BCUT2D eigenvalue weighted by molar-refractivity contribution is 0.457. The zero-order chi connectivity index (χ0) is 16.1. The summed E-state index contributed by atoms with van der Waals surface area (Å²) in [7, 11) is -3.89. The zero-order valence-corrected chi connectivity index (χ0v) is 13.4. The van der Waals surface area contributed by atoms with E-state index in [0.717, 1.165) is 6.07 Å². The summed E-state index contributed by atoms with van der Waals surface area (Å²) in [5.74, 6) is -0.619. The Hall–Kier alpha value is -1.45. The van der Waals surface area contributed by atoms with E-state index in [9.17, 15) is 12.8 Å². The van der Waals surface area contributed by atoms with Crippen LogP contribution in [0.4, 0.5) is 4.39 Å². The van der Waals surface area contributed by atoms with Gasteiger partial charge in [0, 0.05) is 6.54 Å². The standard InChI is InChI=1S/C15H19FN2O2S/c1-14(2)13(15(14,3)4)9-18-21(19,20)12-7-5-6-11(16)10(12)8-17/h5-7,13,18H,9H2,1-4H3. The van der Waals surface area contributed by atoms with Gasteiger partial charge in [0.25, 0.3) is 0 Å². The summed E-state index contributed by atoms with van der Waals surface area (Å²) in [5, 5.41) is 8.94. The highest BCUT2D eigenvalue weighted by Gasteiger charge is 2.64. The molecule has 1 aromatic rings. The smallest absolute Gasteiger partial charge is 0.211 e. The van der Waals surface area contributed by atoms with Crippen LogP contribution in [0.15, 0.2) is 23.1 Å². The van der Waals surface area contributed by atoms with Crippen LogP contribution in [-0.2, 0) is 10.0 Å². The molecule has 0 amide bonds. The molecule has 21 heavy (non-hydrogen) atoms. The minimum Gasteiger partial charge on any atom is -0.211 e. The molecule has 0 saturated heterocycles. The fourth-order valence-corrected chi connectivity index (χ4v) is 4.16. The van der Waals surface area contributed by atoms with Crippen molar-refractivity contribution in [3.63, 3.8) is 0 Å². The van der Waals surface area contributed by atoms with E-state index in [4.69, 9.17) is 5.26 Å². The number of hydrogen-bond acceptors (Lipinski definition) is 3. The molecule has 0 aliphatic heterocycles. The maximum absolute atomic E-state index is 13.5. The van der Waals surface area contributed by atoms with E-state index >= 15 is 0 Å². The predicted molar refractivity (Wildman–Crippen MR) is 77.4 cm³/mol. The van der Waals surface area contributed by atoms with Crippen LogP contribution in [0.1, 0.15) is 33.3 Å². The molecular formula is C15H19FN2O2S. The highest BCUT2D eigenvalue weighted by molar-refractivity contribution is 7.89. The number of benzene rings is 1. The minimum atomic E-state index is -3.89. The first-order valence-corrected chi connectivity index (χ1v) is 8.22. The van der Waals surface area contributed by atoms with Gasteiger partial charge in [-0.15, -0.1) is 0 Å². The topological polar surface area (TPSA) is 70.0 Å². The maximum atomic E-state index is 13.5. The maximum Gasteiger partial charge on any atom is 0.242 e. The van der Waals surface area contributed by atoms with Crippen LogP contribution in [0, 0.1) is 33.9 Å². The molecule has 1 fully saturated rings. The van der Waals surface area contributed by atoms with Crippen molar-refractivity contribution in [1.29, 1.82) is 5.26 Å². The Morgan fingerprint density at radius 3 is 2.33 bits per heavy atom. The molecular weight excluding hydrogens is 291 g/mol. The van der Waals surface area contributed by atoms with Gasteiger partial charge in [-0.3, -0.25) is 0 Å². The fraction of sp³-hybridized carbons (Fsp3) is 0.533. The molecule has 1 aliphatic rings. The Morgan fingerprint density at radius 2 is 1.86 bits per heavy atom. The minimum absolute atomic E-state index is 0.0511. The SMILES string of the molecule is CC1(C)C(CNS(=O)(=O)c2cccc(F)c2C#N)C1(C)C. The van der Waals surface area contributed by atoms with E-state index in [0.29, 0.717) is 0 Å². The number of nitrogens with one attached hydrogen (secondary N) is 1. The van der Waals surface area contributed by atoms with E-state index < -0.39 is 21.4 Å². The van der Waals surface area contributed by atoms with E-state index in [1.165, 1.54) is 12.1 Å². The number of halogens is 1. The molecule has 0 unspecified atom stereocenters. The highest BCUT2D eigenvalue weighted by atomic mass is 32.2. The van der Waals surface area contributed by atoms with Crippen molar-refractivity contribution in [3.8, 4) is 6.07 Å². The van der Waals surface area contributed by atoms with Crippen molar-refractivity contribution in [1.82, 2.24) is 4.72 Å². The van der Waals surface area contributed by atoms with Gasteiger partial charge in [-0.05, 0) is 28.9 Å². The van der Waals surface area contributed by atoms with Crippen molar-refractivity contribution in [2.75, 3.05) is 6.54 Å². The molecule has 0 heterocycles. The third-order valence-electron chi connectivity index (χ3n) is 5.17. The van der Waals surface area contributed by atoms with Crippen LogP contribution in [0.25, 0.3) is 0 Å². The van der Waals surface area contributed by atoms with Crippen molar-refractivity contribution in [2.24, 2.45) is 16.7 Å². The predicted octanol–water partition coefficient (Wildman–Crippen LogP) is 2.66. The molecule has 1 aliphatic carbocycles. The van der Waals surface area contributed by atoms with E-state index in [-0.39, 0.29) is 28.2 Å². The average molecular weight is 310 g/mol. The summed E-state index contributed by atoms with van der Waals surface area (Å²) < 4.78 is 40.6. The Labute approximate surface area is 125 Å². The van der Waals surface area contributed by atoms with E-state index in [1.54, 1.807) is 6.07 Å². The van der Waals surface area contributed by atoms with E-state index in [2.05, 4.69) is 32.4 Å². The van der Waals surface area contributed by atoms with Gasteiger partial charge in [0.2, 0.25) is 10.0 Å². The first kappa shape index (κ1) is 15.9. The zero-order valence-electron chi connectivity index (χ0n) is 12.6. The summed E-state index contributed by atoms with van der Waals surface area (Å²) in [6, 6.07) is 5.22. The molecule has 1 N–H and O–H groups in total. The number of nitriles is 1. The van der Waals surface area contributed by atoms with Crippen molar-refractivity contribution in [3.05, 3.63) is 29.6 Å². The van der Waals surface area contributed by atoms with Crippen LogP contribution >= 0.6 is 0 Å². The Kier molecular flexibility index (Phi) is 3.63. The molecule has 6 heteroatoms. The summed E-state index contributed by atoms with van der Waals surface area (Å²) in [6.45, 7) is 8.65. The van der Waals surface area contributed by atoms with Crippen LogP contribution < -0.4 is 4.72 Å². The van der Waals surface area contributed by atoms with Gasteiger partial charge in [0.1, 0.15) is 22.3 Å². The third kappa shape index (κ3) is 2.45. The second-order valence-electron chi connectivity index (χ2n) is 6.57. The number of sulfonamides is 1. The van der Waals surface area contributed by atoms with Crippen molar-refractivity contribution >= 4 is 10.0 Å². The van der Waals surface area contributed by atoms with Crippen molar-refractivity contribution < 1.29 is 12.8 Å². The van der Waals surface area contributed by atoms with Gasteiger partial charge in [-0.2, -0.15) is 5.26 Å². The third-order valence-corrected chi connectivity index (χ3v) is 6.64. The Bertz CT molecular complexity index is 704. The molecule has 1 aromatic carbocycles. The average Bonchev–Trinajstić information content (AvgIpc) is 2.76. The molecule has 114 valence electrons. The lowest BCUT2D eigenvalue weighted by atomic mass is 10.0. The van der Waals surface area contributed by atoms with Crippen LogP contribution in [-0.4, -0.2) is 15.0 Å². The molecule has 0 radical (unpaired) electrons. The second-order valence-corrected chi connectivity index (χ2v) is 8.31. The number of rotatable bonds is 4. The summed E-state index contributed by atoms with van der Waals surface area (Å²) >= 11 is 0.